The number of aromatic nitrogens is 2. The molecule has 1 heterocycles. The van der Waals surface area contributed by atoms with Crippen molar-refractivity contribution >= 4 is 5.97 Å². The highest BCUT2D eigenvalue weighted by molar-refractivity contribution is 5.77. The number of halogens is 2. The van der Waals surface area contributed by atoms with Gasteiger partial charge in [0.05, 0.1) is 17.8 Å². The molecule has 6 heteroatoms. The molecule has 0 saturated carbocycles. The summed E-state index contributed by atoms with van der Waals surface area (Å²) in [5, 5.41) is 4.15. The predicted octanol–water partition coefficient (Wildman–Crippen LogP) is 4.26. The number of hydrogen-bond donors (Lipinski definition) is 0. The number of carbonyl (C=O) groups excluding carboxylic acids is 1. The van der Waals surface area contributed by atoms with E-state index < -0.39 is 17.9 Å². The maximum Gasteiger partial charge on any atom is 0.313 e. The van der Waals surface area contributed by atoms with Gasteiger partial charge in [0.25, 0.3) is 6.43 Å². The van der Waals surface area contributed by atoms with Crippen LogP contribution < -0.4 is 0 Å². The summed E-state index contributed by atoms with van der Waals surface area (Å²) in [5.41, 5.74) is 0.555. The van der Waals surface area contributed by atoms with E-state index in [-0.39, 0.29) is 11.5 Å². The Labute approximate surface area is 134 Å². The Morgan fingerprint density at radius 1 is 1.26 bits per heavy atom. The van der Waals surface area contributed by atoms with Crippen LogP contribution in [0.2, 0.25) is 0 Å². The molecule has 1 aromatic carbocycles. The second kappa shape index (κ2) is 6.48. The maximum atomic E-state index is 12.8. The van der Waals surface area contributed by atoms with Gasteiger partial charge in [-0.3, -0.25) is 4.79 Å². The number of carbonyl (C=O) groups is 1. The van der Waals surface area contributed by atoms with Crippen molar-refractivity contribution in [2.75, 3.05) is 0 Å². The minimum absolute atomic E-state index is 0.0697. The van der Waals surface area contributed by atoms with Gasteiger partial charge in [-0.15, -0.1) is 0 Å². The van der Waals surface area contributed by atoms with Crippen LogP contribution in [0.1, 0.15) is 51.2 Å². The summed E-state index contributed by atoms with van der Waals surface area (Å²) < 4.78 is 32.4. The van der Waals surface area contributed by atoms with Crippen LogP contribution in [-0.4, -0.2) is 21.4 Å². The van der Waals surface area contributed by atoms with Crippen molar-refractivity contribution in [1.82, 2.24) is 9.78 Å². The smallest absolute Gasteiger partial charge is 0.313 e. The van der Waals surface area contributed by atoms with Crippen LogP contribution in [0.4, 0.5) is 8.78 Å². The van der Waals surface area contributed by atoms with Crippen molar-refractivity contribution in [2.24, 2.45) is 0 Å². The van der Waals surface area contributed by atoms with E-state index in [0.717, 1.165) is 0 Å². The molecular weight excluding hydrogens is 302 g/mol. The van der Waals surface area contributed by atoms with Crippen molar-refractivity contribution in [3.63, 3.8) is 0 Å². The van der Waals surface area contributed by atoms with Gasteiger partial charge in [0.1, 0.15) is 5.60 Å². The number of esters is 1. The molecule has 0 aliphatic rings. The van der Waals surface area contributed by atoms with E-state index in [9.17, 15) is 13.6 Å². The largest absolute Gasteiger partial charge is 0.460 e. The predicted molar refractivity (Wildman–Crippen MR) is 82.8 cm³/mol. The van der Waals surface area contributed by atoms with Gasteiger partial charge in [-0.25, -0.2) is 13.5 Å². The normalized spacial score (nSPS) is 13.2. The molecule has 2 rings (SSSR count). The second-order valence-electron chi connectivity index (χ2n) is 6.37. The van der Waals surface area contributed by atoms with E-state index in [2.05, 4.69) is 5.10 Å². The lowest BCUT2D eigenvalue weighted by molar-refractivity contribution is -0.156. The molecule has 124 valence electrons. The summed E-state index contributed by atoms with van der Waals surface area (Å²) >= 11 is 0. The van der Waals surface area contributed by atoms with Crippen LogP contribution >= 0.6 is 0 Å². The number of rotatable bonds is 4. The molecule has 23 heavy (non-hydrogen) atoms. The summed E-state index contributed by atoms with van der Waals surface area (Å²) in [6.07, 6.45) is 0.661. The van der Waals surface area contributed by atoms with Gasteiger partial charge in [-0.05, 0) is 39.8 Å². The average Bonchev–Trinajstić information content (AvgIpc) is 2.94. The number of nitrogens with zero attached hydrogens (tertiary/aromatic N) is 2. The summed E-state index contributed by atoms with van der Waals surface area (Å²) in [6.45, 7) is 7.13. The molecule has 0 aliphatic carbocycles. The minimum Gasteiger partial charge on any atom is -0.460 e. The average molecular weight is 322 g/mol. The lowest BCUT2D eigenvalue weighted by Crippen LogP contribution is -2.26. The van der Waals surface area contributed by atoms with Crippen LogP contribution in [-0.2, 0) is 9.53 Å². The zero-order valence-electron chi connectivity index (χ0n) is 13.6. The molecule has 0 spiro atoms. The number of alkyl halides is 2. The first-order valence-corrected chi connectivity index (χ1v) is 7.33. The molecule has 0 bridgehead atoms. The number of hydrogen-bond acceptors (Lipinski definition) is 3. The molecule has 1 aromatic heterocycles. The fourth-order valence-electron chi connectivity index (χ4n) is 2.03. The zero-order chi connectivity index (χ0) is 17.2. The third-order valence-electron chi connectivity index (χ3n) is 3.25. The number of benzene rings is 1. The van der Waals surface area contributed by atoms with Crippen LogP contribution in [0, 0.1) is 0 Å². The molecule has 0 radical (unpaired) electrons. The van der Waals surface area contributed by atoms with Crippen molar-refractivity contribution < 1.29 is 18.3 Å². The molecule has 0 aliphatic heterocycles. The van der Waals surface area contributed by atoms with Gasteiger partial charge < -0.3 is 4.74 Å². The van der Waals surface area contributed by atoms with Crippen molar-refractivity contribution in [3.8, 4) is 5.69 Å². The fourth-order valence-corrected chi connectivity index (χ4v) is 2.03. The van der Waals surface area contributed by atoms with Gasteiger partial charge >= 0.3 is 5.97 Å². The topological polar surface area (TPSA) is 44.1 Å². The van der Waals surface area contributed by atoms with Gasteiger partial charge in [-0.2, -0.15) is 5.10 Å². The first-order valence-electron chi connectivity index (χ1n) is 7.33. The molecule has 0 fully saturated rings. The van der Waals surface area contributed by atoms with Crippen LogP contribution in [0.3, 0.4) is 0 Å². The molecule has 0 N–H and O–H groups in total. The van der Waals surface area contributed by atoms with Crippen molar-refractivity contribution in [3.05, 3.63) is 47.8 Å². The molecule has 2 aromatic rings. The van der Waals surface area contributed by atoms with E-state index >= 15 is 0 Å². The lowest BCUT2D eigenvalue weighted by atomic mass is 10.1. The van der Waals surface area contributed by atoms with Crippen LogP contribution in [0.25, 0.3) is 5.69 Å². The standard InChI is InChI=1S/C17H20F2N2O2/c1-11(16(22)23-17(2,3)4)13-9-20-21(10-13)14-7-5-6-12(8-14)15(18)19/h5-11,15H,1-4H3. The summed E-state index contributed by atoms with van der Waals surface area (Å²) in [4.78, 5) is 12.1. The maximum absolute atomic E-state index is 12.8. The zero-order valence-corrected chi connectivity index (χ0v) is 13.6. The quantitative estimate of drug-likeness (QED) is 0.790. The van der Waals surface area contributed by atoms with Crippen molar-refractivity contribution in [1.29, 1.82) is 0 Å². The Kier molecular flexibility index (Phi) is 4.82. The van der Waals surface area contributed by atoms with Crippen LogP contribution in [0.15, 0.2) is 36.7 Å². The Hall–Kier alpha value is -2.24. The van der Waals surface area contributed by atoms with E-state index in [0.29, 0.717) is 11.3 Å². The summed E-state index contributed by atoms with van der Waals surface area (Å²) in [7, 11) is 0. The SMILES string of the molecule is CC(C(=O)OC(C)(C)C)c1cnn(-c2cccc(C(F)F)c2)c1. The third-order valence-corrected chi connectivity index (χ3v) is 3.25. The Morgan fingerprint density at radius 2 is 1.96 bits per heavy atom. The fraction of sp³-hybridized carbons (Fsp3) is 0.412. The van der Waals surface area contributed by atoms with E-state index in [1.54, 1.807) is 52.2 Å². The molecule has 0 saturated heterocycles. The van der Waals surface area contributed by atoms with Gasteiger partial charge in [0.15, 0.2) is 0 Å². The summed E-state index contributed by atoms with van der Waals surface area (Å²) in [6, 6.07) is 5.97. The Balaban J connectivity index is 2.20. The molecular formula is C17H20F2N2O2. The molecule has 1 unspecified atom stereocenters. The van der Waals surface area contributed by atoms with E-state index in [4.69, 9.17) is 4.74 Å². The van der Waals surface area contributed by atoms with Gasteiger partial charge in [0.2, 0.25) is 0 Å². The lowest BCUT2D eigenvalue weighted by Gasteiger charge is -2.21. The van der Waals surface area contributed by atoms with Crippen molar-refractivity contribution in [2.45, 2.75) is 45.6 Å². The second-order valence-corrected chi connectivity index (χ2v) is 6.37. The molecule has 4 nitrogen and oxygen atoms in total. The monoisotopic (exact) mass is 322 g/mol. The highest BCUT2D eigenvalue weighted by Gasteiger charge is 2.24. The first-order chi connectivity index (χ1) is 10.7. The summed E-state index contributed by atoms with van der Waals surface area (Å²) in [5.74, 6) is -0.834. The Bertz CT molecular complexity index is 690. The Morgan fingerprint density at radius 3 is 2.57 bits per heavy atom. The highest BCUT2D eigenvalue weighted by atomic mass is 19.3. The molecule has 0 amide bonds. The number of ether oxygens (including phenoxy) is 1. The highest BCUT2D eigenvalue weighted by Crippen LogP contribution is 2.23. The van der Waals surface area contributed by atoms with Gasteiger partial charge in [0, 0.05) is 17.3 Å². The minimum atomic E-state index is -2.54. The van der Waals surface area contributed by atoms with E-state index in [1.807, 2.05) is 0 Å². The van der Waals surface area contributed by atoms with Gasteiger partial charge in [-0.1, -0.05) is 12.1 Å². The van der Waals surface area contributed by atoms with E-state index in [1.165, 1.54) is 16.8 Å². The van der Waals surface area contributed by atoms with Crippen LogP contribution in [0.5, 0.6) is 0 Å². The molecule has 1 atom stereocenters. The first kappa shape index (κ1) is 17.1. The third kappa shape index (κ3) is 4.37.